The van der Waals surface area contributed by atoms with Gasteiger partial charge >= 0.3 is 17.9 Å². The molecule has 2 saturated heterocycles. The van der Waals surface area contributed by atoms with Crippen molar-refractivity contribution in [2.45, 2.75) is 132 Å². The summed E-state index contributed by atoms with van der Waals surface area (Å²) in [6, 6.07) is 18.6. The van der Waals surface area contributed by atoms with Crippen molar-refractivity contribution in [2.75, 3.05) is 55.7 Å². The Bertz CT molecular complexity index is 4420. The maximum absolute atomic E-state index is 14.6. The number of aliphatic carboxylic acids is 3. The Balaban J connectivity index is 0.986. The quantitative estimate of drug-likeness (QED) is 0.0111. The Morgan fingerprint density at radius 3 is 2.07 bits per heavy atom. The predicted octanol–water partition coefficient (Wildman–Crippen LogP) is 3.76. The molecule has 0 radical (unpaired) electrons. The number of rotatable bonds is 23. The van der Waals surface area contributed by atoms with E-state index in [0.717, 1.165) is 81.9 Å². The molecule has 2 fully saturated rings. The number of aliphatic hydroxyl groups excluding tert-OH is 1. The molecule has 4 aliphatic rings. The molecule has 9 rings (SSSR count). The van der Waals surface area contributed by atoms with Gasteiger partial charge in [0, 0.05) is 78.5 Å². The van der Waals surface area contributed by atoms with E-state index in [1.54, 1.807) is 0 Å². The lowest BCUT2D eigenvalue weighted by molar-refractivity contribution is -0.436. The van der Waals surface area contributed by atoms with Gasteiger partial charge in [-0.05, 0) is 103 Å². The van der Waals surface area contributed by atoms with E-state index in [4.69, 9.17) is 11.1 Å². The highest BCUT2D eigenvalue weighted by molar-refractivity contribution is 8.76. The fraction of sp³-hybridized carbons (Fsp3) is 0.382. The smallest absolute Gasteiger partial charge is 0.326 e. The summed E-state index contributed by atoms with van der Waals surface area (Å²) in [5.74, 6) is -12.7. The molecule has 5 aromatic rings. The maximum atomic E-state index is 14.6. The minimum Gasteiger partial charge on any atom is -0.508 e. The number of amides is 8. The molecule has 16 N–H and O–H groups in total. The number of nitrogens with zero attached hydrogens (tertiary/aromatic N) is 3. The van der Waals surface area contributed by atoms with Gasteiger partial charge in [0.2, 0.25) is 52.9 Å². The average Bonchev–Trinajstić information content (AvgIpc) is 1.58. The summed E-state index contributed by atoms with van der Waals surface area (Å²) in [6.07, 6.45) is 12.0. The molecule has 4 heterocycles. The Hall–Kier alpha value is -11.1. The van der Waals surface area contributed by atoms with Crippen molar-refractivity contribution in [3.63, 3.8) is 0 Å². The monoisotopic (exact) mass is 1500 g/mol. The number of phenolic OH excluding ortho intramolecular Hbond substituents is 1. The van der Waals surface area contributed by atoms with Crippen LogP contribution >= 0.6 is 21.6 Å². The fourth-order valence-electron chi connectivity index (χ4n) is 13.9. The molecule has 5 aromatic carbocycles. The molecule has 0 saturated carbocycles. The van der Waals surface area contributed by atoms with Gasteiger partial charge in [-0.15, -0.1) is 0 Å². The number of guanidine groups is 1. The number of hydrogen-bond donors (Lipinski definition) is 15. The van der Waals surface area contributed by atoms with Gasteiger partial charge in [0.1, 0.15) is 54.5 Å². The van der Waals surface area contributed by atoms with Crippen LogP contribution in [0.2, 0.25) is 0 Å². The summed E-state index contributed by atoms with van der Waals surface area (Å²) >= 11 is 0. The van der Waals surface area contributed by atoms with E-state index in [9.17, 15) is 78.3 Å². The number of carbonyl (C=O) groups is 11. The maximum Gasteiger partial charge on any atom is 0.326 e. The molecular formula is C76H90N13O16S2+. The number of carbonyl (C=O) groups excluding carboxylic acids is 8. The molecule has 566 valence electrons. The minimum atomic E-state index is -1.93. The van der Waals surface area contributed by atoms with Gasteiger partial charge in [0.05, 0.1) is 25.0 Å². The normalized spacial score (nSPS) is 21.7. The molecule has 0 aliphatic carbocycles. The third-order valence-electron chi connectivity index (χ3n) is 19.1. The van der Waals surface area contributed by atoms with E-state index in [2.05, 4.69) is 93.0 Å². The molecule has 7 atom stereocenters. The van der Waals surface area contributed by atoms with E-state index < -0.39 is 144 Å². The number of carboxylic acids is 3. The number of nitrogens with one attached hydrogen (secondary N) is 9. The van der Waals surface area contributed by atoms with E-state index >= 15 is 0 Å². The predicted molar refractivity (Wildman–Crippen MR) is 406 cm³/mol. The number of phenols is 1. The van der Waals surface area contributed by atoms with Crippen LogP contribution in [0.5, 0.6) is 5.75 Å². The number of carboxylic acid groups (broad SMARTS) is 3. The molecule has 29 nitrogen and oxygen atoms in total. The zero-order valence-electron chi connectivity index (χ0n) is 59.6. The van der Waals surface area contributed by atoms with Crippen molar-refractivity contribution < 1.29 is 82.8 Å². The van der Waals surface area contributed by atoms with Crippen LogP contribution in [0.3, 0.4) is 0 Å². The SMILES string of the molecule is CC1(C)C(/C=C/C=C/C=C/C=C2/N(CCC(=O)NC3CSSCC(C(=O)NC(Cc4ccc(O)cc4)C(=O)O)NC(=O)C4CCCN4C(=O)C(CO)NC(=O)C(CC(=O)O)NC(=O)C(CCCNC(=N)N)NC(=O)CNC3=O)c3ccc4ccccc4c3C2(C)C)=[N+](CCC(=O)O)c2ccc3ccccc3c21. The second kappa shape index (κ2) is 36.3. The van der Waals surface area contributed by atoms with Crippen LogP contribution in [0.4, 0.5) is 11.4 Å². The molecule has 0 bridgehead atoms. The van der Waals surface area contributed by atoms with Gasteiger partial charge in [-0.1, -0.05) is 133 Å². The second-order valence-corrected chi connectivity index (χ2v) is 29.9. The van der Waals surface area contributed by atoms with Crippen LogP contribution in [0, 0.1) is 5.41 Å². The highest BCUT2D eigenvalue weighted by atomic mass is 33.1. The topological polar surface area (TPSA) is 445 Å². The Kier molecular flexibility index (Phi) is 27.2. The number of allylic oxidation sites excluding steroid dienone is 8. The number of hydrogen-bond acceptors (Lipinski definition) is 17. The van der Waals surface area contributed by atoms with E-state index in [0.29, 0.717) is 5.56 Å². The highest BCUT2D eigenvalue weighted by Crippen LogP contribution is 2.51. The summed E-state index contributed by atoms with van der Waals surface area (Å²) in [5, 5.41) is 82.2. The first kappa shape index (κ1) is 80.1. The molecule has 7 unspecified atom stereocenters. The first-order valence-electron chi connectivity index (χ1n) is 35.0. The zero-order chi connectivity index (χ0) is 77.3. The minimum absolute atomic E-state index is 0.0138. The fourth-order valence-corrected chi connectivity index (χ4v) is 16.2. The molecular weight excluding hydrogens is 1420 g/mol. The number of benzene rings is 5. The van der Waals surface area contributed by atoms with Crippen LogP contribution in [-0.2, 0) is 70.0 Å². The summed E-state index contributed by atoms with van der Waals surface area (Å²) in [7, 11) is 1.91. The van der Waals surface area contributed by atoms with Crippen molar-refractivity contribution in [1.29, 1.82) is 5.41 Å². The zero-order valence-corrected chi connectivity index (χ0v) is 61.2. The van der Waals surface area contributed by atoms with Gasteiger partial charge < -0.3 is 83.6 Å². The van der Waals surface area contributed by atoms with Crippen LogP contribution in [-0.4, -0.2) is 205 Å². The van der Waals surface area contributed by atoms with Gasteiger partial charge in [-0.3, -0.25) is 53.4 Å². The summed E-state index contributed by atoms with van der Waals surface area (Å²) in [6.45, 7) is 6.88. The van der Waals surface area contributed by atoms with Crippen molar-refractivity contribution in [2.24, 2.45) is 5.73 Å². The van der Waals surface area contributed by atoms with Gasteiger partial charge in [-0.2, -0.15) is 4.58 Å². The van der Waals surface area contributed by atoms with Crippen molar-refractivity contribution in [1.82, 2.24) is 47.4 Å². The molecule has 31 heteroatoms. The first-order chi connectivity index (χ1) is 51.1. The standard InChI is InChI=1S/C76H89N13O16S2/c1-75(2)59(22-8-6-5-7-9-23-60-76(3,4)66-49-19-13-11-17-46(49)27-31-57(66)88(60)37-33-63(94)95)87(56-30-26-45-16-10-12-18-48(45)65(56)75)36-32-61(92)82-54-42-106-107-43-55(70(101)84-52(73(104)105)38-44-24-28-47(91)29-25-44)86-71(102)58-21-15-35-89(58)72(103)53(41-90)85-69(100)51(39-64(96)97)83-68(99)50(20-14-34-79-74(77)78)81-62(93)40-80-67(54)98/h5-13,16-19,22-31,50-55,58,90H,14-15,20-21,32-43H2,1-4H3,(H14-,77,78,79,80,81,82,83,84,85,86,91,92,93,94,95,96,97,98,99,100,101,102,104,105)/p+1. The Labute approximate surface area is 625 Å². The molecule has 8 amide bonds. The van der Waals surface area contributed by atoms with Gasteiger partial charge in [0.15, 0.2) is 18.2 Å². The second-order valence-electron chi connectivity index (χ2n) is 27.3. The summed E-state index contributed by atoms with van der Waals surface area (Å²) in [4.78, 5) is 154. The number of nitrogens with two attached hydrogens (primary N) is 1. The molecule has 0 aromatic heterocycles. The van der Waals surface area contributed by atoms with Crippen LogP contribution in [0.1, 0.15) is 89.3 Å². The van der Waals surface area contributed by atoms with Gasteiger partial charge in [-0.25, -0.2) is 4.79 Å². The van der Waals surface area contributed by atoms with Crippen molar-refractivity contribution in [3.05, 3.63) is 162 Å². The Morgan fingerprint density at radius 1 is 0.729 bits per heavy atom. The lowest BCUT2D eigenvalue weighted by Crippen LogP contribution is -2.60. The lowest BCUT2D eigenvalue weighted by Gasteiger charge is -2.30. The number of aliphatic hydroxyl groups is 1. The van der Waals surface area contributed by atoms with Crippen LogP contribution in [0.15, 0.2) is 145 Å². The molecule has 4 aliphatic heterocycles. The van der Waals surface area contributed by atoms with E-state index in [1.165, 1.54) is 24.3 Å². The Morgan fingerprint density at radius 2 is 1.38 bits per heavy atom. The van der Waals surface area contributed by atoms with Gasteiger partial charge in [0.25, 0.3) is 0 Å². The number of aromatic hydroxyl groups is 1. The third-order valence-corrected chi connectivity index (χ3v) is 21.5. The van der Waals surface area contributed by atoms with Crippen molar-refractivity contribution >= 4 is 131 Å². The van der Waals surface area contributed by atoms with Crippen LogP contribution < -0.4 is 53.2 Å². The highest BCUT2D eigenvalue weighted by Gasteiger charge is 2.47. The third kappa shape index (κ3) is 20.1. The first-order valence-corrected chi connectivity index (χ1v) is 37.5. The van der Waals surface area contributed by atoms with E-state index in [1.807, 2.05) is 102 Å². The molecule has 107 heavy (non-hydrogen) atoms. The molecule has 0 spiro atoms. The number of fused-ring (bicyclic) bond motifs is 7. The largest absolute Gasteiger partial charge is 0.508 e. The lowest BCUT2D eigenvalue weighted by atomic mass is 9.79. The van der Waals surface area contributed by atoms with Crippen molar-refractivity contribution in [3.8, 4) is 5.75 Å². The van der Waals surface area contributed by atoms with E-state index in [-0.39, 0.29) is 88.4 Å². The van der Waals surface area contributed by atoms with Crippen LogP contribution in [0.25, 0.3) is 21.5 Å². The summed E-state index contributed by atoms with van der Waals surface area (Å²) in [5.41, 5.74) is 10.5. The summed E-state index contributed by atoms with van der Waals surface area (Å²) < 4.78 is 2.08. The number of anilines is 1. The average molecular weight is 1510 g/mol.